The van der Waals surface area contributed by atoms with Crippen molar-refractivity contribution in [3.05, 3.63) is 57.3 Å². The molecule has 1 aliphatic carbocycles. The third kappa shape index (κ3) is 4.53. The van der Waals surface area contributed by atoms with Crippen LogP contribution in [0.3, 0.4) is 0 Å². The van der Waals surface area contributed by atoms with Crippen molar-refractivity contribution in [2.75, 3.05) is 0 Å². The van der Waals surface area contributed by atoms with Gasteiger partial charge in [-0.15, -0.1) is 45.3 Å². The summed E-state index contributed by atoms with van der Waals surface area (Å²) < 4.78 is 0. The van der Waals surface area contributed by atoms with E-state index in [1.807, 2.05) is 22.7 Å². The number of carbonyl (C=O) groups excluding carboxylic acids is 1. The van der Waals surface area contributed by atoms with Gasteiger partial charge in [0, 0.05) is 30.6 Å². The van der Waals surface area contributed by atoms with Gasteiger partial charge in [0.05, 0.1) is 9.75 Å². The zero-order chi connectivity index (χ0) is 23.5. The van der Waals surface area contributed by atoms with Gasteiger partial charge in [-0.2, -0.15) is 0 Å². The first-order valence-electron chi connectivity index (χ1n) is 12.7. The largest absolute Gasteiger partial charge is 0.288 e. The molecule has 1 nitrogen and oxygen atoms in total. The topological polar surface area (TPSA) is 17.1 Å². The second kappa shape index (κ2) is 11.0. The van der Waals surface area contributed by atoms with Gasteiger partial charge in [-0.25, -0.2) is 0 Å². The van der Waals surface area contributed by atoms with Crippen LogP contribution < -0.4 is 0 Å². The van der Waals surface area contributed by atoms with E-state index >= 15 is 0 Å². The van der Waals surface area contributed by atoms with Gasteiger partial charge in [-0.05, 0) is 59.7 Å². The first kappa shape index (κ1) is 24.2. The molecule has 178 valence electrons. The van der Waals surface area contributed by atoms with Crippen molar-refractivity contribution in [1.82, 2.24) is 0 Å². The van der Waals surface area contributed by atoms with E-state index in [-0.39, 0.29) is 0 Å². The highest BCUT2D eigenvalue weighted by atomic mass is 32.1. The molecule has 0 unspecified atom stereocenters. The van der Waals surface area contributed by atoms with E-state index in [1.54, 1.807) is 22.7 Å². The monoisotopic (exact) mass is 524 g/mol. The minimum atomic E-state index is 0.305. The molecule has 0 spiro atoms. The molecule has 0 saturated carbocycles. The summed E-state index contributed by atoms with van der Waals surface area (Å²) in [5.74, 6) is 0.305. The fourth-order valence-electron chi connectivity index (χ4n) is 5.00. The average molecular weight is 525 g/mol. The number of rotatable bonds is 12. The third-order valence-corrected chi connectivity index (χ3v) is 11.5. The molecule has 5 rings (SSSR count). The summed E-state index contributed by atoms with van der Waals surface area (Å²) in [6.45, 7) is 4.52. The quantitative estimate of drug-likeness (QED) is 0.148. The Morgan fingerprint density at radius 1 is 0.618 bits per heavy atom. The Morgan fingerprint density at radius 2 is 1.09 bits per heavy atom. The smallest absolute Gasteiger partial charge is 0.196 e. The van der Waals surface area contributed by atoms with E-state index in [4.69, 9.17) is 0 Å². The predicted octanol–water partition coefficient (Wildman–Crippen LogP) is 10.7. The molecule has 0 atom stereocenters. The van der Waals surface area contributed by atoms with Gasteiger partial charge in [-0.3, -0.25) is 4.79 Å². The summed E-state index contributed by atoms with van der Waals surface area (Å²) in [7, 11) is 0. The Labute approximate surface area is 219 Å². The van der Waals surface area contributed by atoms with Gasteiger partial charge < -0.3 is 0 Å². The van der Waals surface area contributed by atoms with E-state index in [0.29, 0.717) is 5.78 Å². The normalized spacial score (nSPS) is 12.5. The van der Waals surface area contributed by atoms with Crippen LogP contribution in [0.5, 0.6) is 0 Å². The molecule has 0 aromatic carbocycles. The van der Waals surface area contributed by atoms with Crippen molar-refractivity contribution < 1.29 is 4.79 Å². The van der Waals surface area contributed by atoms with Crippen molar-refractivity contribution in [2.45, 2.75) is 78.1 Å². The first-order valence-corrected chi connectivity index (χ1v) is 16.1. The lowest BCUT2D eigenvalue weighted by atomic mass is 9.96. The van der Waals surface area contributed by atoms with Gasteiger partial charge in [0.2, 0.25) is 0 Å². The maximum absolute atomic E-state index is 14.1. The molecule has 5 heteroatoms. The van der Waals surface area contributed by atoms with E-state index in [1.165, 1.54) is 91.8 Å². The first-order chi connectivity index (χ1) is 16.7. The highest BCUT2D eigenvalue weighted by Crippen LogP contribution is 2.56. The van der Waals surface area contributed by atoms with Crippen LogP contribution in [-0.4, -0.2) is 5.78 Å². The minimum absolute atomic E-state index is 0.305. The number of hydrogen-bond donors (Lipinski definition) is 0. The number of unbranched alkanes of at least 4 members (excludes halogenated alkanes) is 6. The fourth-order valence-corrected chi connectivity index (χ4v) is 9.60. The van der Waals surface area contributed by atoms with Gasteiger partial charge >= 0.3 is 0 Å². The lowest BCUT2D eigenvalue weighted by Crippen LogP contribution is -2.03. The summed E-state index contributed by atoms with van der Waals surface area (Å²) in [4.78, 5) is 21.9. The highest BCUT2D eigenvalue weighted by Gasteiger charge is 2.38. The second-order valence-corrected chi connectivity index (χ2v) is 13.1. The zero-order valence-electron chi connectivity index (χ0n) is 20.1. The molecule has 0 radical (unpaired) electrons. The standard InChI is InChI=1S/C29H32OS4/c1-3-5-7-9-13-19-23-25(30)24-20(14-10-8-6-4-2)27(22-16-12-18-32-22)34-29(24)28(23)33-26(19)21-15-11-17-31-21/h11-12,15-18H,3-10,13-14H2,1-2H3. The van der Waals surface area contributed by atoms with Crippen LogP contribution in [0.1, 0.15) is 92.3 Å². The number of hydrogen-bond acceptors (Lipinski definition) is 5. The maximum Gasteiger partial charge on any atom is 0.196 e. The fraction of sp³-hybridized carbons (Fsp3) is 0.414. The molecule has 1 aliphatic rings. The van der Waals surface area contributed by atoms with E-state index < -0.39 is 0 Å². The van der Waals surface area contributed by atoms with Gasteiger partial charge in [0.15, 0.2) is 5.78 Å². The van der Waals surface area contributed by atoms with Crippen LogP contribution in [0.2, 0.25) is 0 Å². The number of fused-ring (bicyclic) bond motifs is 3. The van der Waals surface area contributed by atoms with Gasteiger partial charge in [0.1, 0.15) is 0 Å². The highest BCUT2D eigenvalue weighted by molar-refractivity contribution is 7.29. The Bertz CT molecular complexity index is 1140. The molecule has 0 fully saturated rings. The van der Waals surface area contributed by atoms with Crippen LogP contribution in [0.4, 0.5) is 0 Å². The second-order valence-electron chi connectivity index (χ2n) is 9.13. The predicted molar refractivity (Wildman–Crippen MR) is 153 cm³/mol. The SMILES string of the molecule is CCCCCCc1c(-c2cccs2)sc2c1C(=O)c1c-2sc(-c2cccs2)c1CCCCCC. The average Bonchev–Trinajstić information content (AvgIpc) is 3.65. The van der Waals surface area contributed by atoms with Crippen LogP contribution >= 0.6 is 45.3 Å². The van der Waals surface area contributed by atoms with Crippen molar-refractivity contribution in [3.8, 4) is 29.3 Å². The summed E-state index contributed by atoms with van der Waals surface area (Å²) in [5.41, 5.74) is 4.72. The van der Waals surface area contributed by atoms with Crippen molar-refractivity contribution in [3.63, 3.8) is 0 Å². The van der Waals surface area contributed by atoms with Crippen LogP contribution in [-0.2, 0) is 12.8 Å². The van der Waals surface area contributed by atoms with E-state index in [2.05, 4.69) is 48.9 Å². The van der Waals surface area contributed by atoms with Gasteiger partial charge in [-0.1, -0.05) is 64.5 Å². The molecule has 0 amide bonds. The Kier molecular flexibility index (Phi) is 7.84. The Morgan fingerprint density at radius 3 is 1.47 bits per heavy atom. The number of ketones is 1. The summed E-state index contributed by atoms with van der Waals surface area (Å²) in [6.07, 6.45) is 11.9. The van der Waals surface area contributed by atoms with Crippen molar-refractivity contribution in [2.24, 2.45) is 0 Å². The zero-order valence-corrected chi connectivity index (χ0v) is 23.3. The van der Waals surface area contributed by atoms with Crippen molar-refractivity contribution in [1.29, 1.82) is 0 Å². The molecular weight excluding hydrogens is 493 g/mol. The van der Waals surface area contributed by atoms with Crippen molar-refractivity contribution >= 4 is 51.1 Å². The molecule has 0 aliphatic heterocycles. The summed E-state index contributed by atoms with van der Waals surface area (Å²) in [5, 5.41) is 4.31. The number of thiophene rings is 4. The van der Waals surface area contributed by atoms with Gasteiger partial charge in [0.25, 0.3) is 0 Å². The minimum Gasteiger partial charge on any atom is -0.288 e. The molecule has 34 heavy (non-hydrogen) atoms. The van der Waals surface area contributed by atoms with Crippen LogP contribution in [0, 0.1) is 0 Å². The third-order valence-electron chi connectivity index (χ3n) is 6.73. The molecular formula is C29H32OS4. The molecule has 4 heterocycles. The molecule has 0 saturated heterocycles. The summed E-state index contributed by atoms with van der Waals surface area (Å²) in [6, 6.07) is 8.70. The summed E-state index contributed by atoms with van der Waals surface area (Å²) >= 11 is 7.34. The van der Waals surface area contributed by atoms with E-state index in [0.717, 1.165) is 24.0 Å². The maximum atomic E-state index is 14.1. The molecule has 4 aromatic rings. The Balaban J connectivity index is 1.58. The lowest BCUT2D eigenvalue weighted by molar-refractivity contribution is 0.104. The number of carbonyl (C=O) groups is 1. The molecule has 4 aromatic heterocycles. The Hall–Kier alpha value is -1.53. The lowest BCUT2D eigenvalue weighted by Gasteiger charge is -2.08. The molecule has 0 bridgehead atoms. The van der Waals surface area contributed by atoms with Crippen LogP contribution in [0.25, 0.3) is 29.3 Å². The molecule has 0 N–H and O–H groups in total. The van der Waals surface area contributed by atoms with E-state index in [9.17, 15) is 4.79 Å². The van der Waals surface area contributed by atoms with Crippen LogP contribution in [0.15, 0.2) is 35.0 Å².